The molecular formula is C16H15F3N6O. The van der Waals surface area contributed by atoms with Crippen LogP contribution in [0.4, 0.5) is 13.2 Å². The van der Waals surface area contributed by atoms with E-state index in [2.05, 4.69) is 15.1 Å². The molecule has 3 aromatic rings. The van der Waals surface area contributed by atoms with Crippen LogP contribution in [0.25, 0.3) is 5.65 Å². The van der Waals surface area contributed by atoms with Gasteiger partial charge in [0.25, 0.3) is 5.91 Å². The van der Waals surface area contributed by atoms with E-state index in [0.717, 1.165) is 12.0 Å². The van der Waals surface area contributed by atoms with Gasteiger partial charge in [-0.1, -0.05) is 0 Å². The molecule has 0 bridgehead atoms. The van der Waals surface area contributed by atoms with Gasteiger partial charge in [-0.25, -0.2) is 14.6 Å². The first-order valence-corrected chi connectivity index (χ1v) is 7.97. The van der Waals surface area contributed by atoms with E-state index < -0.39 is 11.9 Å². The van der Waals surface area contributed by atoms with Crippen LogP contribution in [0.1, 0.15) is 33.7 Å². The third-order valence-electron chi connectivity index (χ3n) is 4.39. The van der Waals surface area contributed by atoms with Crippen LogP contribution in [0.15, 0.2) is 24.5 Å². The quantitative estimate of drug-likeness (QED) is 0.700. The zero-order valence-electron chi connectivity index (χ0n) is 14.0. The largest absolute Gasteiger partial charge is 0.434 e. The predicted molar refractivity (Wildman–Crippen MR) is 84.6 cm³/mol. The first kappa shape index (κ1) is 16.6. The number of amides is 1. The lowest BCUT2D eigenvalue weighted by molar-refractivity contribution is -0.140. The average molecular weight is 364 g/mol. The number of nitrogens with zero attached hydrogens (tertiary/aromatic N) is 6. The van der Waals surface area contributed by atoms with Crippen LogP contribution < -0.4 is 0 Å². The molecule has 26 heavy (non-hydrogen) atoms. The second kappa shape index (κ2) is 5.55. The van der Waals surface area contributed by atoms with Gasteiger partial charge in [-0.05, 0) is 26.0 Å². The Bertz CT molecular complexity index is 999. The summed E-state index contributed by atoms with van der Waals surface area (Å²) in [7, 11) is 0. The second-order valence-corrected chi connectivity index (χ2v) is 6.32. The highest BCUT2D eigenvalue weighted by atomic mass is 19.4. The summed E-state index contributed by atoms with van der Waals surface area (Å²) in [6.07, 6.45) is -2.26. The van der Waals surface area contributed by atoms with E-state index in [9.17, 15) is 18.0 Å². The second-order valence-electron chi connectivity index (χ2n) is 6.32. The Morgan fingerprint density at radius 3 is 2.50 bits per heavy atom. The van der Waals surface area contributed by atoms with Crippen molar-refractivity contribution in [1.29, 1.82) is 0 Å². The highest BCUT2D eigenvalue weighted by Crippen LogP contribution is 2.29. The topological polar surface area (TPSA) is 68.3 Å². The van der Waals surface area contributed by atoms with Crippen LogP contribution in [-0.4, -0.2) is 48.0 Å². The Hall–Kier alpha value is -2.91. The Kier molecular flexibility index (Phi) is 3.53. The standard InChI is InChI=1S/C16H15F3N6O/c1-9-20-10(2)25(22-9)12-6-24(7-12)15(26)11-3-4-14-21-13(16(17,18)19)8-23(14)5-11/h3-5,8,12H,6-7H2,1-2H3. The molecule has 4 heterocycles. The lowest BCUT2D eigenvalue weighted by atomic mass is 10.1. The summed E-state index contributed by atoms with van der Waals surface area (Å²) in [6, 6.07) is 2.96. The average Bonchev–Trinajstić information content (AvgIpc) is 3.08. The number of fused-ring (bicyclic) bond motifs is 1. The summed E-state index contributed by atoms with van der Waals surface area (Å²) >= 11 is 0. The first-order valence-electron chi connectivity index (χ1n) is 7.97. The molecule has 4 rings (SSSR count). The van der Waals surface area contributed by atoms with Crippen LogP contribution in [0.2, 0.25) is 0 Å². The van der Waals surface area contributed by atoms with Crippen molar-refractivity contribution in [1.82, 2.24) is 29.0 Å². The number of hydrogen-bond acceptors (Lipinski definition) is 4. The molecule has 0 aromatic carbocycles. The van der Waals surface area contributed by atoms with E-state index >= 15 is 0 Å². The number of aromatic nitrogens is 5. The number of aryl methyl sites for hydroxylation is 2. The number of halogens is 3. The minimum atomic E-state index is -4.52. The van der Waals surface area contributed by atoms with Gasteiger partial charge < -0.3 is 9.30 Å². The number of rotatable bonds is 2. The van der Waals surface area contributed by atoms with E-state index in [1.54, 1.807) is 16.5 Å². The van der Waals surface area contributed by atoms with Gasteiger partial charge in [0.05, 0.1) is 11.6 Å². The highest BCUT2D eigenvalue weighted by Gasteiger charge is 2.35. The van der Waals surface area contributed by atoms with E-state index in [-0.39, 0.29) is 17.6 Å². The zero-order chi connectivity index (χ0) is 18.6. The number of carbonyl (C=O) groups is 1. The van der Waals surface area contributed by atoms with Crippen LogP contribution in [0.5, 0.6) is 0 Å². The summed E-state index contributed by atoms with van der Waals surface area (Å²) in [5.41, 5.74) is -0.527. The summed E-state index contributed by atoms with van der Waals surface area (Å²) in [5, 5.41) is 4.31. The molecule has 7 nitrogen and oxygen atoms in total. The Labute approximate surface area is 146 Å². The number of alkyl halides is 3. The molecule has 0 unspecified atom stereocenters. The van der Waals surface area contributed by atoms with Gasteiger partial charge in [0.2, 0.25) is 0 Å². The van der Waals surface area contributed by atoms with Crippen molar-refractivity contribution < 1.29 is 18.0 Å². The summed E-state index contributed by atoms with van der Waals surface area (Å²) in [4.78, 5) is 22.0. The molecule has 3 aromatic heterocycles. The first-order chi connectivity index (χ1) is 12.2. The van der Waals surface area contributed by atoms with Gasteiger partial charge in [-0.3, -0.25) is 4.79 Å². The smallest absolute Gasteiger partial charge is 0.334 e. The number of hydrogen-bond donors (Lipinski definition) is 0. The molecule has 1 aliphatic heterocycles. The third-order valence-corrected chi connectivity index (χ3v) is 4.39. The normalized spacial score (nSPS) is 15.5. The Morgan fingerprint density at radius 1 is 1.15 bits per heavy atom. The van der Waals surface area contributed by atoms with Gasteiger partial charge in [0.1, 0.15) is 17.3 Å². The fourth-order valence-corrected chi connectivity index (χ4v) is 3.10. The maximum atomic E-state index is 12.8. The molecule has 1 saturated heterocycles. The number of imidazole rings is 1. The van der Waals surface area contributed by atoms with Gasteiger partial charge in [-0.2, -0.15) is 18.3 Å². The lowest BCUT2D eigenvalue weighted by Gasteiger charge is -2.39. The minimum Gasteiger partial charge on any atom is -0.334 e. The van der Waals surface area contributed by atoms with Crippen LogP contribution in [-0.2, 0) is 6.18 Å². The van der Waals surface area contributed by atoms with Crippen molar-refractivity contribution >= 4 is 11.6 Å². The van der Waals surface area contributed by atoms with Crippen molar-refractivity contribution in [2.75, 3.05) is 13.1 Å². The third kappa shape index (κ3) is 2.71. The highest BCUT2D eigenvalue weighted by molar-refractivity contribution is 5.94. The van der Waals surface area contributed by atoms with Gasteiger partial charge in [0.15, 0.2) is 5.69 Å². The fraction of sp³-hybridized carbons (Fsp3) is 0.375. The van der Waals surface area contributed by atoms with Crippen LogP contribution in [0, 0.1) is 13.8 Å². The van der Waals surface area contributed by atoms with Crippen LogP contribution in [0.3, 0.4) is 0 Å². The predicted octanol–water partition coefficient (Wildman–Crippen LogP) is 2.26. The van der Waals surface area contributed by atoms with Crippen molar-refractivity contribution in [3.8, 4) is 0 Å². The summed E-state index contributed by atoms with van der Waals surface area (Å²) < 4.78 is 41.3. The molecular weight excluding hydrogens is 349 g/mol. The number of pyridine rings is 1. The van der Waals surface area contributed by atoms with Gasteiger partial charge >= 0.3 is 6.18 Å². The van der Waals surface area contributed by atoms with Gasteiger partial charge in [-0.15, -0.1) is 0 Å². The van der Waals surface area contributed by atoms with Crippen molar-refractivity contribution in [3.63, 3.8) is 0 Å². The summed E-state index contributed by atoms with van der Waals surface area (Å²) in [6.45, 7) is 4.63. The fourth-order valence-electron chi connectivity index (χ4n) is 3.10. The molecule has 0 saturated carbocycles. The molecule has 136 valence electrons. The van der Waals surface area contributed by atoms with Crippen molar-refractivity contribution in [2.24, 2.45) is 0 Å². The molecule has 0 radical (unpaired) electrons. The maximum absolute atomic E-state index is 12.8. The van der Waals surface area contributed by atoms with E-state index in [1.165, 1.54) is 22.7 Å². The van der Waals surface area contributed by atoms with E-state index in [1.807, 2.05) is 6.92 Å². The zero-order valence-corrected chi connectivity index (χ0v) is 14.0. The Balaban J connectivity index is 1.51. The molecule has 10 heteroatoms. The molecule has 1 aliphatic rings. The monoisotopic (exact) mass is 364 g/mol. The molecule has 1 fully saturated rings. The van der Waals surface area contributed by atoms with Crippen LogP contribution >= 0.6 is 0 Å². The molecule has 0 spiro atoms. The molecule has 0 atom stereocenters. The summed E-state index contributed by atoms with van der Waals surface area (Å²) in [5.74, 6) is 1.23. The van der Waals surface area contributed by atoms with Crippen molar-refractivity contribution in [2.45, 2.75) is 26.1 Å². The number of likely N-dealkylation sites (tertiary alicyclic amines) is 1. The molecule has 1 amide bonds. The molecule has 0 N–H and O–H groups in total. The molecule has 0 aliphatic carbocycles. The Morgan fingerprint density at radius 2 is 1.88 bits per heavy atom. The van der Waals surface area contributed by atoms with Gasteiger partial charge in [0, 0.05) is 25.5 Å². The maximum Gasteiger partial charge on any atom is 0.434 e. The van der Waals surface area contributed by atoms with E-state index in [4.69, 9.17) is 0 Å². The van der Waals surface area contributed by atoms with Crippen molar-refractivity contribution in [3.05, 3.63) is 47.4 Å². The SMILES string of the molecule is Cc1nc(C)n(C2CN(C(=O)c3ccc4nc(C(F)(F)F)cn4c3)C2)n1. The van der Waals surface area contributed by atoms with E-state index in [0.29, 0.717) is 24.5 Å². The number of carbonyl (C=O) groups excluding carboxylic acids is 1. The lowest BCUT2D eigenvalue weighted by Crippen LogP contribution is -2.51. The minimum absolute atomic E-state index is 0.0639.